The highest BCUT2D eigenvalue weighted by atomic mass is 19.1. The molecule has 1 unspecified atom stereocenters. The Bertz CT molecular complexity index is 430. The van der Waals surface area contributed by atoms with Crippen molar-refractivity contribution < 1.29 is 14.6 Å². The summed E-state index contributed by atoms with van der Waals surface area (Å²) in [6.07, 6.45) is -0.757. The fourth-order valence-corrected chi connectivity index (χ4v) is 1.74. The van der Waals surface area contributed by atoms with Gasteiger partial charge in [-0.2, -0.15) is 0 Å². The van der Waals surface area contributed by atoms with E-state index >= 15 is 0 Å². The average molecular weight is 255 g/mol. The van der Waals surface area contributed by atoms with Crippen LogP contribution in [0.5, 0.6) is 0 Å². The maximum absolute atomic E-state index is 13.6. The minimum Gasteiger partial charge on any atom is -0.394 e. The topological polar surface area (TPSA) is 43.7 Å². The summed E-state index contributed by atoms with van der Waals surface area (Å²) in [6, 6.07) is 3.06. The van der Waals surface area contributed by atoms with E-state index in [0.717, 1.165) is 5.69 Å². The van der Waals surface area contributed by atoms with Crippen molar-refractivity contribution in [2.75, 3.05) is 18.6 Å². The minimum atomic E-state index is -0.757. The van der Waals surface area contributed by atoms with Gasteiger partial charge in [-0.1, -0.05) is 0 Å². The second-order valence-corrected chi connectivity index (χ2v) is 5.37. The molecule has 1 atom stereocenters. The first-order valence-electron chi connectivity index (χ1n) is 6.03. The van der Waals surface area contributed by atoms with Crippen LogP contribution in [0, 0.1) is 12.7 Å². The van der Waals surface area contributed by atoms with Crippen LogP contribution in [0.3, 0.4) is 0 Å². The first kappa shape index (κ1) is 14.9. The first-order chi connectivity index (χ1) is 8.20. The van der Waals surface area contributed by atoms with Gasteiger partial charge in [-0.05, 0) is 45.4 Å². The predicted molar refractivity (Wildman–Crippen MR) is 71.3 cm³/mol. The lowest BCUT2D eigenvalue weighted by Crippen LogP contribution is -2.45. The van der Waals surface area contributed by atoms with Crippen LogP contribution in [0.25, 0.3) is 0 Å². The van der Waals surface area contributed by atoms with E-state index in [2.05, 4.69) is 0 Å². The average Bonchev–Trinajstić information content (AvgIpc) is 2.30. The van der Waals surface area contributed by atoms with Crippen molar-refractivity contribution >= 4 is 5.69 Å². The second-order valence-electron chi connectivity index (χ2n) is 5.37. The van der Waals surface area contributed by atoms with Gasteiger partial charge < -0.3 is 15.1 Å². The Labute approximate surface area is 108 Å². The van der Waals surface area contributed by atoms with Crippen molar-refractivity contribution in [3.8, 4) is 0 Å². The normalized spacial score (nSPS) is 13.6. The molecule has 4 heteroatoms. The molecule has 2 N–H and O–H groups in total. The summed E-state index contributed by atoms with van der Waals surface area (Å²) in [5.41, 5.74) is 1.31. The lowest BCUT2D eigenvalue weighted by molar-refractivity contribution is 0.196. The van der Waals surface area contributed by atoms with Gasteiger partial charge in [-0.3, -0.25) is 0 Å². The van der Waals surface area contributed by atoms with Gasteiger partial charge in [0.25, 0.3) is 0 Å². The monoisotopic (exact) mass is 255 g/mol. The minimum absolute atomic E-state index is 0.0286. The molecule has 0 aliphatic carbocycles. The third kappa shape index (κ3) is 2.82. The standard InChI is InChI=1S/C14H22FNO2/c1-9-6-13(16(5)14(3,4)8-17)11(10(2)18)7-12(9)15/h6-7,10,17-18H,8H2,1-5H3. The summed E-state index contributed by atoms with van der Waals surface area (Å²) in [5.74, 6) is -0.329. The smallest absolute Gasteiger partial charge is 0.126 e. The summed E-state index contributed by atoms with van der Waals surface area (Å²) in [4.78, 5) is 1.86. The van der Waals surface area contributed by atoms with Gasteiger partial charge in [-0.15, -0.1) is 0 Å². The number of hydrogen-bond donors (Lipinski definition) is 2. The van der Waals surface area contributed by atoms with Crippen molar-refractivity contribution in [1.29, 1.82) is 0 Å². The molecule has 3 nitrogen and oxygen atoms in total. The Morgan fingerprint density at radius 2 is 1.94 bits per heavy atom. The van der Waals surface area contributed by atoms with E-state index in [1.54, 1.807) is 19.9 Å². The number of likely N-dealkylation sites (N-methyl/N-ethyl adjacent to an activating group) is 1. The van der Waals surface area contributed by atoms with E-state index in [4.69, 9.17) is 0 Å². The van der Waals surface area contributed by atoms with Crippen LogP contribution in [0.2, 0.25) is 0 Å². The number of nitrogens with zero attached hydrogens (tertiary/aromatic N) is 1. The molecule has 0 spiro atoms. The second kappa shape index (κ2) is 5.24. The van der Waals surface area contributed by atoms with Crippen LogP contribution in [0.1, 0.15) is 38.0 Å². The Kier molecular flexibility index (Phi) is 4.35. The van der Waals surface area contributed by atoms with Crippen LogP contribution in [-0.2, 0) is 0 Å². The van der Waals surface area contributed by atoms with Crippen molar-refractivity contribution in [2.24, 2.45) is 0 Å². The summed E-state index contributed by atoms with van der Waals surface area (Å²) in [6.45, 7) is 7.03. The highest BCUT2D eigenvalue weighted by Gasteiger charge is 2.26. The third-order valence-corrected chi connectivity index (χ3v) is 3.41. The summed E-state index contributed by atoms with van der Waals surface area (Å²) < 4.78 is 13.6. The zero-order valence-corrected chi connectivity index (χ0v) is 11.7. The van der Waals surface area contributed by atoms with Crippen LogP contribution in [-0.4, -0.2) is 29.4 Å². The van der Waals surface area contributed by atoms with Gasteiger partial charge in [0, 0.05) is 18.3 Å². The van der Waals surface area contributed by atoms with Gasteiger partial charge in [-0.25, -0.2) is 4.39 Å². The molecule has 0 radical (unpaired) electrons. The number of anilines is 1. The number of aliphatic hydroxyl groups is 2. The molecule has 102 valence electrons. The fraction of sp³-hybridized carbons (Fsp3) is 0.571. The first-order valence-corrected chi connectivity index (χ1v) is 6.03. The largest absolute Gasteiger partial charge is 0.394 e. The van der Waals surface area contributed by atoms with Gasteiger partial charge >= 0.3 is 0 Å². The summed E-state index contributed by atoms with van der Waals surface area (Å²) in [7, 11) is 1.83. The summed E-state index contributed by atoms with van der Waals surface area (Å²) in [5, 5.41) is 19.2. The van der Waals surface area contributed by atoms with E-state index in [1.165, 1.54) is 6.07 Å². The maximum Gasteiger partial charge on any atom is 0.126 e. The maximum atomic E-state index is 13.6. The highest BCUT2D eigenvalue weighted by Crippen LogP contribution is 2.32. The van der Waals surface area contributed by atoms with E-state index in [1.807, 2.05) is 25.8 Å². The molecule has 0 bridgehead atoms. The molecule has 1 rings (SSSR count). The number of halogens is 1. The van der Waals surface area contributed by atoms with E-state index in [9.17, 15) is 14.6 Å². The molecule has 18 heavy (non-hydrogen) atoms. The number of benzene rings is 1. The van der Waals surface area contributed by atoms with Gasteiger partial charge in [0.1, 0.15) is 5.82 Å². The van der Waals surface area contributed by atoms with Gasteiger partial charge in [0.05, 0.1) is 18.2 Å². The van der Waals surface area contributed by atoms with Gasteiger partial charge in [0.2, 0.25) is 0 Å². The molecular weight excluding hydrogens is 233 g/mol. The molecule has 0 heterocycles. The van der Waals surface area contributed by atoms with Crippen LogP contribution in [0.15, 0.2) is 12.1 Å². The molecule has 1 aromatic rings. The molecule has 0 aliphatic heterocycles. The lowest BCUT2D eigenvalue weighted by Gasteiger charge is -2.37. The van der Waals surface area contributed by atoms with Crippen LogP contribution >= 0.6 is 0 Å². The number of rotatable bonds is 4. The molecule has 0 amide bonds. The fourth-order valence-electron chi connectivity index (χ4n) is 1.74. The third-order valence-electron chi connectivity index (χ3n) is 3.41. The highest BCUT2D eigenvalue weighted by molar-refractivity contribution is 5.57. The van der Waals surface area contributed by atoms with Gasteiger partial charge in [0.15, 0.2) is 0 Å². The van der Waals surface area contributed by atoms with Crippen LogP contribution in [0.4, 0.5) is 10.1 Å². The molecular formula is C14H22FNO2. The number of hydrogen-bond acceptors (Lipinski definition) is 3. The van der Waals surface area contributed by atoms with E-state index in [0.29, 0.717) is 11.1 Å². The Hall–Kier alpha value is -1.13. The Morgan fingerprint density at radius 3 is 2.39 bits per heavy atom. The zero-order valence-electron chi connectivity index (χ0n) is 11.7. The molecule has 0 fully saturated rings. The Morgan fingerprint density at radius 1 is 1.39 bits per heavy atom. The quantitative estimate of drug-likeness (QED) is 0.868. The number of aliphatic hydroxyl groups excluding tert-OH is 2. The van der Waals surface area contributed by atoms with E-state index < -0.39 is 11.6 Å². The lowest BCUT2D eigenvalue weighted by atomic mass is 9.99. The van der Waals surface area contributed by atoms with E-state index in [-0.39, 0.29) is 12.4 Å². The van der Waals surface area contributed by atoms with Crippen molar-refractivity contribution in [3.63, 3.8) is 0 Å². The number of aryl methyl sites for hydroxylation is 1. The molecule has 1 aromatic carbocycles. The zero-order chi connectivity index (χ0) is 14.1. The van der Waals surface area contributed by atoms with Crippen molar-refractivity contribution in [2.45, 2.75) is 39.3 Å². The Balaban J connectivity index is 3.34. The summed E-state index contributed by atoms with van der Waals surface area (Å²) >= 11 is 0. The molecule has 0 aliphatic rings. The molecule has 0 aromatic heterocycles. The van der Waals surface area contributed by atoms with Crippen molar-refractivity contribution in [3.05, 3.63) is 29.1 Å². The predicted octanol–water partition coefficient (Wildman–Crippen LogP) is 2.39. The van der Waals surface area contributed by atoms with Crippen molar-refractivity contribution in [1.82, 2.24) is 0 Å². The van der Waals surface area contributed by atoms with Crippen LogP contribution < -0.4 is 4.90 Å². The molecule has 0 saturated carbocycles. The SMILES string of the molecule is Cc1cc(N(C)C(C)(C)CO)c(C(C)O)cc1F. The molecule has 0 saturated heterocycles.